The monoisotopic (exact) mass is 1130 g/mol. The molecule has 80 heavy (non-hydrogen) atoms. The average molecular weight is 1130 g/mol. The van der Waals surface area contributed by atoms with Crippen molar-refractivity contribution in [2.45, 2.75) is 450 Å². The normalized spacial score (nSPS) is 12.4. The highest BCUT2D eigenvalue weighted by atomic mass is 16.5. The summed E-state index contributed by atoms with van der Waals surface area (Å²) in [6.07, 6.45) is 86.1. The molecule has 0 aliphatic carbocycles. The largest absolute Gasteiger partial charge is 0.466 e. The molecule has 0 aromatic rings. The molecular weight excluding hydrogens is 983 g/mol. The highest BCUT2D eigenvalue weighted by Crippen LogP contribution is 2.20. The summed E-state index contributed by atoms with van der Waals surface area (Å²) in [5.41, 5.74) is 0. The SMILES string of the molecule is CCCCCCCCCCCCCCCCCC(=O)OCCCCCCCCCCCCCCCCCCCCCCCCCCCCCCCCCCCC(=O)NC(CO)C(O)CCCCCCCCCCCCCCCCC. The van der Waals surface area contributed by atoms with E-state index in [1.807, 2.05) is 0 Å². The summed E-state index contributed by atoms with van der Waals surface area (Å²) in [5, 5.41) is 23.3. The number of carbonyl (C=O) groups is 2. The van der Waals surface area contributed by atoms with Gasteiger partial charge in [0.05, 0.1) is 25.4 Å². The summed E-state index contributed by atoms with van der Waals surface area (Å²) < 4.78 is 5.51. The number of hydrogen-bond acceptors (Lipinski definition) is 5. The minimum atomic E-state index is -0.659. The summed E-state index contributed by atoms with van der Waals surface area (Å²) in [4.78, 5) is 24.6. The van der Waals surface area contributed by atoms with E-state index in [1.54, 1.807) is 0 Å². The number of aliphatic hydroxyl groups is 2. The molecule has 0 aromatic heterocycles. The van der Waals surface area contributed by atoms with E-state index in [0.717, 1.165) is 38.5 Å². The number of aliphatic hydroxyl groups excluding tert-OH is 2. The third kappa shape index (κ3) is 66.0. The van der Waals surface area contributed by atoms with Gasteiger partial charge >= 0.3 is 5.97 Å². The van der Waals surface area contributed by atoms with Crippen LogP contribution in [0, 0.1) is 0 Å². The zero-order valence-electron chi connectivity index (χ0n) is 54.9. The average Bonchev–Trinajstić information content (AvgIpc) is 3.46. The predicted molar refractivity (Wildman–Crippen MR) is 352 cm³/mol. The first-order valence-electron chi connectivity index (χ1n) is 37.3. The summed E-state index contributed by atoms with van der Waals surface area (Å²) in [6, 6.07) is -0.536. The Bertz CT molecular complexity index is 1160. The molecule has 478 valence electrons. The van der Waals surface area contributed by atoms with Gasteiger partial charge in [0.1, 0.15) is 0 Å². The Hall–Kier alpha value is -1.14. The summed E-state index contributed by atoms with van der Waals surface area (Å²) in [7, 11) is 0. The molecule has 0 fully saturated rings. The number of amides is 1. The van der Waals surface area contributed by atoms with E-state index in [2.05, 4.69) is 19.2 Å². The van der Waals surface area contributed by atoms with E-state index in [-0.39, 0.29) is 18.5 Å². The standard InChI is InChI=1S/C74H147NO5/c1-3-5-7-9-11-13-15-17-38-42-46-50-54-58-62-66-72(77)71(70-76)75-73(78)67-63-59-55-51-47-43-40-36-34-32-30-28-26-24-22-20-19-21-23-25-27-29-31-33-35-37-41-45-49-53-57-61-65-69-80-74(79)68-64-60-56-52-48-44-39-18-16-14-12-10-8-6-4-2/h71-72,76-77H,3-70H2,1-2H3,(H,75,78). The third-order valence-corrected chi connectivity index (χ3v) is 17.9. The van der Waals surface area contributed by atoms with Crippen LogP contribution in [0.4, 0.5) is 0 Å². The van der Waals surface area contributed by atoms with Crippen LogP contribution in [-0.2, 0) is 14.3 Å². The van der Waals surface area contributed by atoms with Crippen LogP contribution in [0.3, 0.4) is 0 Å². The number of hydrogen-bond donors (Lipinski definition) is 3. The van der Waals surface area contributed by atoms with Crippen molar-refractivity contribution in [2.75, 3.05) is 13.2 Å². The second-order valence-electron chi connectivity index (χ2n) is 26.0. The first kappa shape index (κ1) is 78.9. The van der Waals surface area contributed by atoms with Crippen LogP contribution in [0.1, 0.15) is 438 Å². The van der Waals surface area contributed by atoms with Gasteiger partial charge in [-0.1, -0.05) is 399 Å². The van der Waals surface area contributed by atoms with Gasteiger partial charge in [0.15, 0.2) is 0 Å². The Kier molecular flexibility index (Phi) is 69.3. The quantitative estimate of drug-likeness (QED) is 0.0417. The van der Waals surface area contributed by atoms with Crippen molar-refractivity contribution in [3.05, 3.63) is 0 Å². The molecule has 0 aliphatic heterocycles. The highest BCUT2D eigenvalue weighted by Gasteiger charge is 2.20. The molecule has 6 nitrogen and oxygen atoms in total. The van der Waals surface area contributed by atoms with Crippen molar-refractivity contribution in [1.29, 1.82) is 0 Å². The van der Waals surface area contributed by atoms with Gasteiger partial charge in [-0.05, 0) is 25.7 Å². The first-order chi connectivity index (χ1) is 39.5. The molecule has 0 spiro atoms. The second-order valence-corrected chi connectivity index (χ2v) is 26.0. The van der Waals surface area contributed by atoms with Crippen LogP contribution >= 0.6 is 0 Å². The second kappa shape index (κ2) is 70.3. The van der Waals surface area contributed by atoms with Crippen molar-refractivity contribution < 1.29 is 24.5 Å². The minimum Gasteiger partial charge on any atom is -0.466 e. The lowest BCUT2D eigenvalue weighted by Crippen LogP contribution is -2.45. The first-order valence-corrected chi connectivity index (χ1v) is 37.3. The van der Waals surface area contributed by atoms with Crippen molar-refractivity contribution in [3.8, 4) is 0 Å². The van der Waals surface area contributed by atoms with Gasteiger partial charge in [-0.15, -0.1) is 0 Å². The molecule has 0 bridgehead atoms. The van der Waals surface area contributed by atoms with Gasteiger partial charge in [0.2, 0.25) is 5.91 Å². The number of ether oxygens (including phenoxy) is 1. The Balaban J connectivity index is 3.29. The van der Waals surface area contributed by atoms with Gasteiger partial charge in [0.25, 0.3) is 0 Å². The Labute approximate surface area is 502 Å². The van der Waals surface area contributed by atoms with Crippen molar-refractivity contribution in [2.24, 2.45) is 0 Å². The number of esters is 1. The number of nitrogens with one attached hydrogen (secondary N) is 1. The maximum atomic E-state index is 12.5. The molecule has 2 atom stereocenters. The third-order valence-electron chi connectivity index (χ3n) is 17.9. The lowest BCUT2D eigenvalue weighted by atomic mass is 10.0. The molecule has 0 aromatic carbocycles. The zero-order chi connectivity index (χ0) is 57.8. The van der Waals surface area contributed by atoms with E-state index in [9.17, 15) is 19.8 Å². The van der Waals surface area contributed by atoms with Crippen LogP contribution in [0.25, 0.3) is 0 Å². The summed E-state index contributed by atoms with van der Waals surface area (Å²) in [6.45, 7) is 5.01. The van der Waals surface area contributed by atoms with Crippen molar-refractivity contribution >= 4 is 11.9 Å². The molecule has 0 saturated heterocycles. The van der Waals surface area contributed by atoms with Crippen LogP contribution < -0.4 is 5.32 Å². The fraction of sp³-hybridized carbons (Fsp3) is 0.973. The maximum Gasteiger partial charge on any atom is 0.305 e. The Morgan fingerprint density at radius 3 is 0.762 bits per heavy atom. The van der Waals surface area contributed by atoms with E-state index in [4.69, 9.17) is 4.74 Å². The van der Waals surface area contributed by atoms with Crippen LogP contribution in [-0.4, -0.2) is 47.4 Å². The fourth-order valence-electron chi connectivity index (χ4n) is 12.2. The van der Waals surface area contributed by atoms with Gasteiger partial charge in [0, 0.05) is 12.8 Å². The lowest BCUT2D eigenvalue weighted by molar-refractivity contribution is -0.143. The van der Waals surface area contributed by atoms with Gasteiger partial charge in [-0.25, -0.2) is 0 Å². The minimum absolute atomic E-state index is 0.0259. The molecule has 0 rings (SSSR count). The molecular formula is C74H147NO5. The van der Waals surface area contributed by atoms with Crippen molar-refractivity contribution in [1.82, 2.24) is 5.32 Å². The molecule has 0 radical (unpaired) electrons. The summed E-state index contributed by atoms with van der Waals surface area (Å²) >= 11 is 0. The molecule has 6 heteroatoms. The van der Waals surface area contributed by atoms with Crippen LogP contribution in [0.2, 0.25) is 0 Å². The van der Waals surface area contributed by atoms with Gasteiger partial charge < -0.3 is 20.3 Å². The van der Waals surface area contributed by atoms with E-state index in [1.165, 1.54) is 366 Å². The molecule has 0 aliphatic rings. The number of rotatable bonds is 71. The Morgan fingerprint density at radius 1 is 0.300 bits per heavy atom. The predicted octanol–water partition coefficient (Wildman–Crippen LogP) is 24.2. The van der Waals surface area contributed by atoms with Crippen LogP contribution in [0.5, 0.6) is 0 Å². The zero-order valence-corrected chi connectivity index (χ0v) is 54.9. The molecule has 1 amide bonds. The molecule has 2 unspecified atom stereocenters. The van der Waals surface area contributed by atoms with Gasteiger partial charge in [-0.3, -0.25) is 9.59 Å². The maximum absolute atomic E-state index is 12.5. The lowest BCUT2D eigenvalue weighted by Gasteiger charge is -2.22. The molecule has 0 saturated carbocycles. The fourth-order valence-corrected chi connectivity index (χ4v) is 12.2. The van der Waals surface area contributed by atoms with E-state index < -0.39 is 12.1 Å². The number of unbranched alkanes of at least 4 members (excludes halogenated alkanes) is 60. The summed E-state index contributed by atoms with van der Waals surface area (Å²) in [5.74, 6) is -0.000265. The Morgan fingerprint density at radius 2 is 0.512 bits per heavy atom. The number of carbonyl (C=O) groups excluding carboxylic acids is 2. The van der Waals surface area contributed by atoms with Crippen LogP contribution in [0.15, 0.2) is 0 Å². The van der Waals surface area contributed by atoms with Gasteiger partial charge in [-0.2, -0.15) is 0 Å². The van der Waals surface area contributed by atoms with E-state index in [0.29, 0.717) is 25.9 Å². The molecule has 3 N–H and O–H groups in total. The topological polar surface area (TPSA) is 95.9 Å². The van der Waals surface area contributed by atoms with E-state index >= 15 is 0 Å². The highest BCUT2D eigenvalue weighted by molar-refractivity contribution is 5.76. The van der Waals surface area contributed by atoms with Crippen molar-refractivity contribution in [3.63, 3.8) is 0 Å². The molecule has 0 heterocycles. The smallest absolute Gasteiger partial charge is 0.305 e.